The Kier molecular flexibility index (Phi) is 5.16. The minimum absolute atomic E-state index is 0.0719. The van der Waals surface area contributed by atoms with Gasteiger partial charge in [-0.05, 0) is 18.2 Å². The highest BCUT2D eigenvalue weighted by molar-refractivity contribution is 6.02. The average Bonchev–Trinajstić information content (AvgIpc) is 3.13. The maximum atomic E-state index is 12.4. The Labute approximate surface area is 155 Å². The van der Waals surface area contributed by atoms with Crippen LogP contribution in [0.3, 0.4) is 0 Å². The molecule has 1 amide bonds. The summed E-state index contributed by atoms with van der Waals surface area (Å²) in [7, 11) is 4.57. The topological polar surface area (TPSA) is 105 Å². The number of nitrogens with one attached hydrogen (secondary N) is 2. The second kappa shape index (κ2) is 7.69. The van der Waals surface area contributed by atoms with Gasteiger partial charge in [-0.1, -0.05) is 12.1 Å². The molecule has 0 saturated heterocycles. The van der Waals surface area contributed by atoms with Gasteiger partial charge in [0.2, 0.25) is 0 Å². The van der Waals surface area contributed by atoms with Crippen LogP contribution in [0.1, 0.15) is 16.1 Å². The number of phenolic OH excluding ortho intramolecular Hbond substituents is 1. The number of carbonyl (C=O) groups excluding carboxylic acids is 1. The van der Waals surface area contributed by atoms with Gasteiger partial charge in [0.05, 0.1) is 33.1 Å². The van der Waals surface area contributed by atoms with Crippen molar-refractivity contribution in [2.45, 2.75) is 0 Å². The fourth-order valence-corrected chi connectivity index (χ4v) is 2.68. The lowest BCUT2D eigenvalue weighted by atomic mass is 10.2. The number of hydrogen-bond donors (Lipinski definition) is 3. The number of fused-ring (bicyclic) bond motifs is 1. The minimum Gasteiger partial charge on any atom is -0.507 e. The third kappa shape index (κ3) is 3.50. The summed E-state index contributed by atoms with van der Waals surface area (Å²) in [6.07, 6.45) is 1.36. The normalized spacial score (nSPS) is 10.9. The Morgan fingerprint density at radius 2 is 1.85 bits per heavy atom. The van der Waals surface area contributed by atoms with E-state index < -0.39 is 5.91 Å². The number of aromatic hydroxyl groups is 1. The number of para-hydroxylation sites is 1. The third-order valence-electron chi connectivity index (χ3n) is 3.99. The Morgan fingerprint density at radius 3 is 2.52 bits per heavy atom. The number of H-pyrrole nitrogens is 1. The first kappa shape index (κ1) is 18.1. The van der Waals surface area contributed by atoms with E-state index in [0.717, 1.165) is 0 Å². The lowest BCUT2D eigenvalue weighted by Crippen LogP contribution is -2.17. The van der Waals surface area contributed by atoms with Gasteiger partial charge in [-0.2, -0.15) is 5.10 Å². The number of benzene rings is 2. The Morgan fingerprint density at radius 1 is 1.11 bits per heavy atom. The maximum Gasteiger partial charge on any atom is 0.287 e. The van der Waals surface area contributed by atoms with Gasteiger partial charge in [0.25, 0.3) is 5.91 Å². The molecule has 0 aliphatic rings. The second-order valence-electron chi connectivity index (χ2n) is 5.54. The smallest absolute Gasteiger partial charge is 0.287 e. The van der Waals surface area contributed by atoms with Crippen LogP contribution in [-0.4, -0.2) is 43.5 Å². The predicted molar refractivity (Wildman–Crippen MR) is 101 cm³/mol. The predicted octanol–water partition coefficient (Wildman–Crippen LogP) is 2.66. The molecule has 1 heterocycles. The molecular weight excluding hydrogens is 350 g/mol. The van der Waals surface area contributed by atoms with E-state index in [1.165, 1.54) is 33.6 Å². The SMILES string of the molecule is COc1cc(OC)c2cc(C(=O)N/N=C/c3ccccc3O)[nH]c2c1OC. The number of nitrogens with zero attached hydrogens (tertiary/aromatic N) is 1. The monoisotopic (exact) mass is 369 g/mol. The zero-order valence-corrected chi connectivity index (χ0v) is 15.1. The van der Waals surface area contributed by atoms with Crippen LogP contribution in [0.2, 0.25) is 0 Å². The summed E-state index contributed by atoms with van der Waals surface area (Å²) in [5.74, 6) is 1.09. The number of aromatic nitrogens is 1. The van der Waals surface area contributed by atoms with Crippen LogP contribution >= 0.6 is 0 Å². The van der Waals surface area contributed by atoms with Gasteiger partial charge in [0.15, 0.2) is 11.5 Å². The number of ether oxygens (including phenoxy) is 3. The van der Waals surface area contributed by atoms with Gasteiger partial charge in [-0.3, -0.25) is 4.79 Å². The largest absolute Gasteiger partial charge is 0.507 e. The maximum absolute atomic E-state index is 12.4. The fourth-order valence-electron chi connectivity index (χ4n) is 2.68. The van der Waals surface area contributed by atoms with Gasteiger partial charge < -0.3 is 24.3 Å². The summed E-state index contributed by atoms with van der Waals surface area (Å²) < 4.78 is 16.1. The number of hydrazone groups is 1. The van der Waals surface area contributed by atoms with Gasteiger partial charge in [-0.15, -0.1) is 0 Å². The van der Waals surface area contributed by atoms with Crippen molar-refractivity contribution in [3.05, 3.63) is 47.7 Å². The zero-order valence-electron chi connectivity index (χ0n) is 15.1. The van der Waals surface area contributed by atoms with Crippen molar-refractivity contribution < 1.29 is 24.1 Å². The molecule has 0 atom stereocenters. The Hall–Kier alpha value is -3.68. The number of amides is 1. The molecule has 0 fully saturated rings. The molecule has 0 bridgehead atoms. The molecule has 0 aliphatic carbocycles. The molecule has 140 valence electrons. The van der Waals surface area contributed by atoms with E-state index in [2.05, 4.69) is 15.5 Å². The molecule has 0 aliphatic heterocycles. The van der Waals surface area contributed by atoms with E-state index in [1.807, 2.05) is 0 Å². The van der Waals surface area contributed by atoms with Gasteiger partial charge in [0.1, 0.15) is 17.2 Å². The standard InChI is InChI=1S/C19H19N3O5/c1-25-15-9-16(26-2)18(27-3)17-12(15)8-13(21-17)19(24)22-20-10-11-6-4-5-7-14(11)23/h4-10,21,23H,1-3H3,(H,22,24)/b20-10+. The number of carbonyl (C=O) groups is 1. The molecular formula is C19H19N3O5. The summed E-state index contributed by atoms with van der Waals surface area (Å²) in [5.41, 5.74) is 3.74. The number of hydrogen-bond acceptors (Lipinski definition) is 6. The van der Waals surface area contributed by atoms with Crippen LogP contribution in [0, 0.1) is 0 Å². The van der Waals surface area contributed by atoms with E-state index >= 15 is 0 Å². The van der Waals surface area contributed by atoms with E-state index in [9.17, 15) is 9.90 Å². The molecule has 3 rings (SSSR count). The third-order valence-corrected chi connectivity index (χ3v) is 3.99. The van der Waals surface area contributed by atoms with E-state index in [1.54, 1.807) is 30.3 Å². The molecule has 0 unspecified atom stereocenters. The first-order valence-electron chi connectivity index (χ1n) is 8.02. The lowest BCUT2D eigenvalue weighted by Gasteiger charge is -2.11. The van der Waals surface area contributed by atoms with Crippen LogP contribution in [0.4, 0.5) is 0 Å². The van der Waals surface area contributed by atoms with Crippen molar-refractivity contribution in [1.82, 2.24) is 10.4 Å². The molecule has 0 spiro atoms. The van der Waals surface area contributed by atoms with E-state index in [-0.39, 0.29) is 11.4 Å². The highest BCUT2D eigenvalue weighted by atomic mass is 16.5. The number of phenols is 1. The summed E-state index contributed by atoms with van der Waals surface area (Å²) in [4.78, 5) is 15.4. The van der Waals surface area contributed by atoms with Crippen LogP contribution in [0.25, 0.3) is 10.9 Å². The highest BCUT2D eigenvalue weighted by Crippen LogP contribution is 2.41. The van der Waals surface area contributed by atoms with Crippen molar-refractivity contribution in [1.29, 1.82) is 0 Å². The number of aromatic amines is 1. The summed E-state index contributed by atoms with van der Waals surface area (Å²) >= 11 is 0. The molecule has 1 aromatic heterocycles. The summed E-state index contributed by atoms with van der Waals surface area (Å²) in [6, 6.07) is 9.99. The molecule has 0 radical (unpaired) electrons. The number of rotatable bonds is 6. The second-order valence-corrected chi connectivity index (χ2v) is 5.54. The van der Waals surface area contributed by atoms with Gasteiger partial charge in [0, 0.05) is 17.0 Å². The molecule has 8 nitrogen and oxygen atoms in total. The van der Waals surface area contributed by atoms with Crippen molar-refractivity contribution in [2.75, 3.05) is 21.3 Å². The van der Waals surface area contributed by atoms with Gasteiger partial charge in [-0.25, -0.2) is 5.43 Å². The summed E-state index contributed by atoms with van der Waals surface area (Å²) in [5, 5.41) is 14.3. The van der Waals surface area contributed by atoms with Crippen molar-refractivity contribution >= 4 is 23.0 Å². The zero-order chi connectivity index (χ0) is 19.4. The first-order chi connectivity index (χ1) is 13.1. The van der Waals surface area contributed by atoms with Crippen LogP contribution < -0.4 is 19.6 Å². The molecule has 27 heavy (non-hydrogen) atoms. The first-order valence-corrected chi connectivity index (χ1v) is 8.02. The molecule has 2 aromatic carbocycles. The Bertz CT molecular complexity index is 1010. The molecule has 3 N–H and O–H groups in total. The number of methoxy groups -OCH3 is 3. The van der Waals surface area contributed by atoms with Crippen LogP contribution in [0.5, 0.6) is 23.0 Å². The van der Waals surface area contributed by atoms with E-state index in [4.69, 9.17) is 14.2 Å². The van der Waals surface area contributed by atoms with Gasteiger partial charge >= 0.3 is 0 Å². The average molecular weight is 369 g/mol. The quantitative estimate of drug-likeness (QED) is 0.458. The summed E-state index contributed by atoms with van der Waals surface area (Å²) in [6.45, 7) is 0. The van der Waals surface area contributed by atoms with E-state index in [0.29, 0.717) is 33.7 Å². The van der Waals surface area contributed by atoms with Crippen LogP contribution in [-0.2, 0) is 0 Å². The molecule has 8 heteroatoms. The van der Waals surface area contributed by atoms with Crippen molar-refractivity contribution in [3.8, 4) is 23.0 Å². The highest BCUT2D eigenvalue weighted by Gasteiger charge is 2.19. The van der Waals surface area contributed by atoms with Crippen molar-refractivity contribution in [3.63, 3.8) is 0 Å². The van der Waals surface area contributed by atoms with Crippen LogP contribution in [0.15, 0.2) is 41.5 Å². The van der Waals surface area contributed by atoms with Crippen molar-refractivity contribution in [2.24, 2.45) is 5.10 Å². The Balaban J connectivity index is 1.90. The lowest BCUT2D eigenvalue weighted by molar-refractivity contribution is 0.0951. The fraction of sp³-hybridized carbons (Fsp3) is 0.158. The molecule has 3 aromatic rings. The minimum atomic E-state index is -0.457. The molecule has 0 saturated carbocycles.